The molecule has 0 aliphatic heterocycles. The number of rotatable bonds is 10. The molecule has 346 valence electrons. The number of methoxy groups -OCH3 is 2. The van der Waals surface area contributed by atoms with Gasteiger partial charge in [-0.1, -0.05) is 5.16 Å². The van der Waals surface area contributed by atoms with Crippen molar-refractivity contribution in [2.24, 2.45) is 0 Å². The van der Waals surface area contributed by atoms with Gasteiger partial charge in [-0.15, -0.1) is 0 Å². The number of hydrogen-bond acceptors (Lipinski definition) is 13. The van der Waals surface area contributed by atoms with Crippen LogP contribution in [0.15, 0.2) is 130 Å². The normalized spacial score (nSPS) is 11.4. The summed E-state index contributed by atoms with van der Waals surface area (Å²) >= 11 is 6.52. The van der Waals surface area contributed by atoms with Crippen LogP contribution in [0.4, 0.5) is 22.0 Å². The van der Waals surface area contributed by atoms with Crippen LogP contribution in [0.1, 0.15) is 16.8 Å². The summed E-state index contributed by atoms with van der Waals surface area (Å²) in [5.74, 6) is -13.9. The average Bonchev–Trinajstić information content (AvgIpc) is 3.84. The molecule has 0 aliphatic carbocycles. The molecule has 0 atom stereocenters. The minimum absolute atomic E-state index is 0.0914. The monoisotopic (exact) mass is 1100 g/mol. The lowest BCUT2D eigenvalue weighted by Gasteiger charge is -2.16. The van der Waals surface area contributed by atoms with E-state index in [4.69, 9.17) is 14.0 Å². The Morgan fingerprint density at radius 1 is 0.632 bits per heavy atom. The first kappa shape index (κ1) is 48.6. The zero-order chi connectivity index (χ0) is 49.4. The van der Waals surface area contributed by atoms with Crippen LogP contribution in [0.2, 0.25) is 0 Å². The van der Waals surface area contributed by atoms with Crippen LogP contribution < -0.4 is 24.8 Å². The lowest BCUT2D eigenvalue weighted by molar-refractivity contribution is 0.346. The van der Waals surface area contributed by atoms with Gasteiger partial charge in [-0.05, 0) is 105 Å². The summed E-state index contributed by atoms with van der Waals surface area (Å²) in [5.41, 5.74) is 0.975. The molecule has 5 aromatic carbocycles. The zero-order valence-corrected chi connectivity index (χ0v) is 39.0. The highest BCUT2D eigenvalue weighted by atomic mass is 79.9. The molecule has 0 saturated carbocycles. The van der Waals surface area contributed by atoms with Crippen LogP contribution in [0, 0.1) is 51.7 Å². The molecule has 3 heterocycles. The van der Waals surface area contributed by atoms with Gasteiger partial charge in [0.15, 0.2) is 9.84 Å². The average molecular weight is 1100 g/mol. The van der Waals surface area contributed by atoms with Crippen molar-refractivity contribution >= 4 is 73.6 Å². The van der Waals surface area contributed by atoms with Crippen molar-refractivity contribution in [3.8, 4) is 40.8 Å². The van der Waals surface area contributed by atoms with E-state index in [0.29, 0.717) is 42.5 Å². The predicted molar refractivity (Wildman–Crippen MR) is 238 cm³/mol. The third kappa shape index (κ3) is 9.18. The Morgan fingerprint density at radius 3 is 1.53 bits per heavy atom. The van der Waals surface area contributed by atoms with E-state index in [1.54, 1.807) is 24.3 Å². The van der Waals surface area contributed by atoms with Crippen LogP contribution >= 0.6 is 31.9 Å². The number of sulfone groups is 1. The Bertz CT molecular complexity index is 3790. The maximum atomic E-state index is 14.0. The summed E-state index contributed by atoms with van der Waals surface area (Å²) in [7, 11) is -6.00. The fourth-order valence-corrected chi connectivity index (χ4v) is 9.71. The number of ether oxygens (including phenoxy) is 2. The number of aromatic nitrogens is 3. The molecule has 8 aromatic rings. The molecule has 8 rings (SSSR count). The zero-order valence-electron chi connectivity index (χ0n) is 34.2. The van der Waals surface area contributed by atoms with Gasteiger partial charge in [0.05, 0.1) is 58.3 Å². The summed E-state index contributed by atoms with van der Waals surface area (Å²) in [4.78, 5) is 24.9. The highest BCUT2D eigenvalue weighted by molar-refractivity contribution is 9.10. The highest BCUT2D eigenvalue weighted by Crippen LogP contribution is 2.35. The fraction of sp³-hybridized carbons (Fsp3) is 0.0682. The van der Waals surface area contributed by atoms with Crippen LogP contribution in [-0.2, 0) is 25.7 Å². The molecule has 0 aliphatic rings. The first-order valence-electron chi connectivity index (χ1n) is 18.7. The first-order chi connectivity index (χ1) is 32.2. The highest BCUT2D eigenvalue weighted by Gasteiger charge is 2.31. The van der Waals surface area contributed by atoms with Gasteiger partial charge in [-0.2, -0.15) is 27.7 Å². The maximum Gasteiger partial charge on any atom is 0.339 e. The number of halogens is 7. The molecule has 0 spiro atoms. The van der Waals surface area contributed by atoms with Crippen molar-refractivity contribution in [1.82, 2.24) is 14.3 Å². The fourth-order valence-electron chi connectivity index (χ4n) is 6.63. The molecule has 0 bridgehead atoms. The van der Waals surface area contributed by atoms with Crippen LogP contribution in [0.25, 0.3) is 33.2 Å². The Kier molecular flexibility index (Phi) is 13.6. The lowest BCUT2D eigenvalue weighted by Crippen LogP contribution is -2.19. The van der Waals surface area contributed by atoms with Crippen LogP contribution in [0.5, 0.6) is 17.2 Å². The van der Waals surface area contributed by atoms with Gasteiger partial charge in [0.1, 0.15) is 40.5 Å². The molecular formula is C44H24Br2F5N5O10S2. The van der Waals surface area contributed by atoms with Crippen molar-refractivity contribution in [2.45, 2.75) is 15.5 Å². The summed E-state index contributed by atoms with van der Waals surface area (Å²) in [6.07, 6.45) is 1.31. The van der Waals surface area contributed by atoms with E-state index in [9.17, 15) is 58.9 Å². The van der Waals surface area contributed by atoms with Gasteiger partial charge in [0, 0.05) is 37.9 Å². The molecule has 68 heavy (non-hydrogen) atoms. The summed E-state index contributed by atoms with van der Waals surface area (Å²) in [5, 5.41) is 23.0. The quantitative estimate of drug-likeness (QED) is 0.0543. The summed E-state index contributed by atoms with van der Waals surface area (Å²) in [6, 6.07) is 24.2. The van der Waals surface area contributed by atoms with E-state index >= 15 is 0 Å². The molecule has 0 unspecified atom stereocenters. The largest absolute Gasteiger partial charge is 0.495 e. The summed E-state index contributed by atoms with van der Waals surface area (Å²) < 4.78 is 142. The second-order valence-electron chi connectivity index (χ2n) is 13.9. The van der Waals surface area contributed by atoms with E-state index in [-0.39, 0.29) is 44.1 Å². The smallest absolute Gasteiger partial charge is 0.339 e. The molecule has 0 saturated heterocycles. The number of nitrogens with zero attached hydrogens (tertiary/aromatic N) is 5. The van der Waals surface area contributed by atoms with Crippen molar-refractivity contribution < 1.29 is 57.0 Å². The van der Waals surface area contributed by atoms with Crippen molar-refractivity contribution in [2.75, 3.05) is 14.2 Å². The van der Waals surface area contributed by atoms with Gasteiger partial charge in [-0.3, -0.25) is 18.7 Å². The standard InChI is InChI=1S/C23H10BrF5N2O5S.C21H14BrN3O5S/c1-35-16-8-13(24)11(9-30)7-15(16)31-14-4-3-12(6-10(14)2-5-17(31)32)37(33,34)36-23-21(28)19(26)18(25)20(27)22(23)29;1-29-20-10-17(22)14(11-23)9-19(20)25-18-4-3-16(8-13(18)2-5-21(25)26)31(27,28)12-15-6-7-30-24-15/h2-8H,1H3;2-10H,12H2,1H3. The lowest BCUT2D eigenvalue weighted by atomic mass is 10.1. The number of hydrogen-bond donors (Lipinski definition) is 0. The predicted octanol–water partition coefficient (Wildman–Crippen LogP) is 8.69. The van der Waals surface area contributed by atoms with E-state index in [1.807, 2.05) is 6.07 Å². The summed E-state index contributed by atoms with van der Waals surface area (Å²) in [6.45, 7) is 0. The maximum absolute atomic E-state index is 14.0. The Labute approximate surface area is 396 Å². The Hall–Kier alpha value is -7.38. The molecule has 24 heteroatoms. The molecular weight excluding hydrogens is 1080 g/mol. The van der Waals surface area contributed by atoms with Gasteiger partial charge < -0.3 is 18.2 Å². The second-order valence-corrected chi connectivity index (χ2v) is 19.1. The van der Waals surface area contributed by atoms with Gasteiger partial charge in [0.2, 0.25) is 34.8 Å². The molecule has 0 fully saturated rings. The van der Waals surface area contributed by atoms with Crippen molar-refractivity contribution in [3.05, 3.63) is 173 Å². The number of nitriles is 2. The molecule has 15 nitrogen and oxygen atoms in total. The van der Waals surface area contributed by atoms with Crippen molar-refractivity contribution in [1.29, 1.82) is 10.5 Å². The topological polar surface area (TPSA) is 214 Å². The van der Waals surface area contributed by atoms with E-state index in [2.05, 4.69) is 47.3 Å². The SMILES string of the molecule is COc1cc(Br)c(C#N)cc1-n1c(=O)ccc2cc(S(=O)(=O)Cc3ccon3)ccc21.COc1cc(Br)c(C#N)cc1-n1c(=O)ccc2cc(S(=O)(=O)Oc3c(F)c(F)c(F)c(F)c3F)ccc21. The van der Waals surface area contributed by atoms with E-state index in [0.717, 1.165) is 28.8 Å². The Morgan fingerprint density at radius 2 is 1.09 bits per heavy atom. The second kappa shape index (κ2) is 19.1. The van der Waals surface area contributed by atoms with Gasteiger partial charge >= 0.3 is 10.1 Å². The molecule has 0 radical (unpaired) electrons. The number of pyridine rings is 2. The number of fused-ring (bicyclic) bond motifs is 2. The first-order valence-corrected chi connectivity index (χ1v) is 23.3. The van der Waals surface area contributed by atoms with E-state index < -0.39 is 65.2 Å². The van der Waals surface area contributed by atoms with Crippen LogP contribution in [0.3, 0.4) is 0 Å². The molecule has 3 aromatic heterocycles. The molecule has 0 N–H and O–H groups in total. The third-order valence-electron chi connectivity index (χ3n) is 9.83. The van der Waals surface area contributed by atoms with Crippen LogP contribution in [-0.4, -0.2) is 45.3 Å². The third-order valence-corrected chi connectivity index (χ3v) is 14.0. The molecule has 0 amide bonds. The number of benzene rings is 5. The van der Waals surface area contributed by atoms with Gasteiger partial charge in [-0.25, -0.2) is 21.6 Å². The minimum Gasteiger partial charge on any atom is -0.495 e. The van der Waals surface area contributed by atoms with Gasteiger partial charge in [0.25, 0.3) is 11.1 Å². The Balaban J connectivity index is 0.000000204. The van der Waals surface area contributed by atoms with Crippen molar-refractivity contribution in [3.63, 3.8) is 0 Å². The van der Waals surface area contributed by atoms with E-state index in [1.165, 1.54) is 67.5 Å². The minimum atomic E-state index is -5.11.